The molecule has 0 saturated carbocycles. The zero-order valence-electron chi connectivity index (χ0n) is 5.23. The second-order valence-electron chi connectivity index (χ2n) is 1.91. The summed E-state index contributed by atoms with van der Waals surface area (Å²) < 4.78 is 45.1. The molecule has 0 aliphatic rings. The van der Waals surface area contributed by atoms with Gasteiger partial charge in [0.15, 0.2) is 4.33 Å². The highest BCUT2D eigenvalue weighted by atomic mass is 35.5. The molecule has 74 valence electrons. The number of rotatable bonds is 2. The zero-order valence-corrected chi connectivity index (χ0v) is 8.25. The Kier molecular flexibility index (Phi) is 3.82. The molecule has 0 N–H and O–H groups in total. The third kappa shape index (κ3) is 2.22. The lowest BCUT2D eigenvalue weighted by Gasteiger charge is -2.30. The van der Waals surface area contributed by atoms with Gasteiger partial charge in [-0.3, -0.25) is 0 Å². The molecule has 0 rings (SSSR count). The van der Waals surface area contributed by atoms with E-state index in [2.05, 4.69) is 11.6 Å². The van der Waals surface area contributed by atoms with Crippen LogP contribution in [0.5, 0.6) is 0 Å². The van der Waals surface area contributed by atoms with Crippen LogP contribution >= 0.6 is 46.4 Å². The predicted molar refractivity (Wildman–Crippen MR) is 40.9 cm³/mol. The van der Waals surface area contributed by atoms with Gasteiger partial charge in [-0.15, -0.1) is 11.6 Å². The monoisotopic (exact) mass is 266 g/mol. The summed E-state index contributed by atoms with van der Waals surface area (Å²) in [4.78, 5) is 0. The summed E-state index contributed by atoms with van der Waals surface area (Å²) in [7, 11) is 0. The topological polar surface area (TPSA) is 0 Å². The Bertz CT molecular complexity index is 163. The van der Waals surface area contributed by atoms with E-state index in [-0.39, 0.29) is 0 Å². The molecule has 0 amide bonds. The average Bonchev–Trinajstić information content (AvgIpc) is 1.85. The van der Waals surface area contributed by atoms with Crippen molar-refractivity contribution in [2.45, 2.75) is 15.6 Å². The maximum atomic E-state index is 12.7. The summed E-state index contributed by atoms with van der Waals surface area (Å²) in [6.45, 7) is 0. The van der Waals surface area contributed by atoms with Gasteiger partial charge in [-0.25, -0.2) is 4.39 Å². The first kappa shape index (κ1) is 12.9. The standard InChI is InChI=1S/C4H2Cl4F4/c5-1-2(6,7)3(8,9)4(10,11)12/h1H2. The van der Waals surface area contributed by atoms with Crippen molar-refractivity contribution in [1.82, 2.24) is 0 Å². The molecule has 0 fully saturated rings. The fourth-order valence-electron chi connectivity index (χ4n) is 0.291. The van der Waals surface area contributed by atoms with Gasteiger partial charge < -0.3 is 0 Å². The minimum atomic E-state index is -5.37. The fourth-order valence-corrected chi connectivity index (χ4v) is 0.825. The fraction of sp³-hybridized carbons (Fsp3) is 1.00. The summed E-state index contributed by atoms with van der Waals surface area (Å²) in [5.41, 5.74) is 0. The molecule has 0 spiro atoms. The van der Waals surface area contributed by atoms with Crippen LogP contribution in [0.4, 0.5) is 17.6 Å². The molecule has 0 aromatic carbocycles. The highest BCUT2D eigenvalue weighted by Crippen LogP contribution is 2.51. The minimum absolute atomic E-state index is 0.977. The van der Waals surface area contributed by atoms with E-state index < -0.39 is 21.5 Å². The smallest absolute Gasteiger partial charge is 0.212 e. The zero-order chi connectivity index (χ0) is 10.2. The van der Waals surface area contributed by atoms with E-state index in [1.807, 2.05) is 0 Å². The van der Waals surface area contributed by atoms with Crippen molar-refractivity contribution in [3.05, 3.63) is 0 Å². The lowest BCUT2D eigenvalue weighted by atomic mass is 10.2. The lowest BCUT2D eigenvalue weighted by molar-refractivity contribution is -0.200. The molecule has 0 heterocycles. The van der Waals surface area contributed by atoms with Gasteiger partial charge in [0.1, 0.15) is 0 Å². The quantitative estimate of drug-likeness (QED) is 0.526. The van der Waals surface area contributed by atoms with Crippen molar-refractivity contribution in [3.63, 3.8) is 0 Å². The Labute approximate surface area is 85.7 Å². The molecule has 0 aliphatic carbocycles. The molecule has 0 bridgehead atoms. The van der Waals surface area contributed by atoms with Crippen LogP contribution in [0.25, 0.3) is 0 Å². The second-order valence-corrected chi connectivity index (χ2v) is 4.18. The summed E-state index contributed by atoms with van der Waals surface area (Å²) in [6.07, 6.45) is -5.37. The third-order valence-corrected chi connectivity index (χ3v) is 3.18. The number of halogens is 8. The molecule has 0 radical (unpaired) electrons. The van der Waals surface area contributed by atoms with E-state index in [4.69, 9.17) is 34.8 Å². The van der Waals surface area contributed by atoms with Crippen LogP contribution in [0.15, 0.2) is 0 Å². The van der Waals surface area contributed by atoms with Crippen LogP contribution in [0.2, 0.25) is 0 Å². The number of hydrogen-bond acceptors (Lipinski definition) is 0. The minimum Gasteiger partial charge on any atom is -0.212 e. The second kappa shape index (κ2) is 3.56. The molecule has 0 aromatic rings. The summed E-state index contributed by atoms with van der Waals surface area (Å²) in [6, 6.07) is 0. The summed E-state index contributed by atoms with van der Waals surface area (Å²) in [5, 5.41) is -4.25. The van der Waals surface area contributed by atoms with Crippen LogP contribution in [-0.4, -0.2) is 21.5 Å². The van der Waals surface area contributed by atoms with Crippen LogP contribution in [0, 0.1) is 0 Å². The van der Waals surface area contributed by atoms with Crippen molar-refractivity contribution in [2.75, 3.05) is 5.88 Å². The van der Waals surface area contributed by atoms with Gasteiger partial charge in [0.05, 0.1) is 5.88 Å². The van der Waals surface area contributed by atoms with Gasteiger partial charge >= 0.3 is 11.3 Å². The van der Waals surface area contributed by atoms with E-state index in [1.54, 1.807) is 0 Å². The van der Waals surface area contributed by atoms with Crippen molar-refractivity contribution in [1.29, 1.82) is 0 Å². The maximum Gasteiger partial charge on any atom is 0.440 e. The SMILES string of the molecule is FC(F)(F)C(F)(Cl)C(Cl)(Cl)CCl. The van der Waals surface area contributed by atoms with Gasteiger partial charge in [-0.2, -0.15) is 13.2 Å². The van der Waals surface area contributed by atoms with Gasteiger partial charge in [-0.1, -0.05) is 34.8 Å². The van der Waals surface area contributed by atoms with E-state index in [0.717, 1.165) is 0 Å². The molecule has 12 heavy (non-hydrogen) atoms. The van der Waals surface area contributed by atoms with E-state index in [9.17, 15) is 17.6 Å². The Morgan fingerprint density at radius 2 is 1.25 bits per heavy atom. The van der Waals surface area contributed by atoms with Crippen LogP contribution in [-0.2, 0) is 0 Å². The molecule has 8 heteroatoms. The van der Waals surface area contributed by atoms with E-state index in [1.165, 1.54) is 0 Å². The Balaban J connectivity index is 4.85. The van der Waals surface area contributed by atoms with Crippen molar-refractivity contribution in [2.24, 2.45) is 0 Å². The molecular weight excluding hydrogens is 266 g/mol. The first-order chi connectivity index (χ1) is 5.06. The number of hydrogen-bond donors (Lipinski definition) is 0. The molecule has 0 aliphatic heterocycles. The average molecular weight is 268 g/mol. The van der Waals surface area contributed by atoms with Crippen molar-refractivity contribution >= 4 is 46.4 Å². The van der Waals surface area contributed by atoms with Crippen LogP contribution in [0.1, 0.15) is 0 Å². The lowest BCUT2D eigenvalue weighted by Crippen LogP contribution is -2.50. The van der Waals surface area contributed by atoms with Gasteiger partial charge in [-0.05, 0) is 0 Å². The highest BCUT2D eigenvalue weighted by Gasteiger charge is 2.66. The molecule has 0 aromatic heterocycles. The number of alkyl halides is 8. The Hall–Kier alpha value is 0.880. The summed E-state index contributed by atoms with van der Waals surface area (Å²) in [5.74, 6) is -0.977. The molecule has 0 nitrogen and oxygen atoms in total. The molecule has 0 saturated heterocycles. The van der Waals surface area contributed by atoms with Gasteiger partial charge in [0.2, 0.25) is 0 Å². The largest absolute Gasteiger partial charge is 0.440 e. The molecular formula is C4H2Cl4F4. The maximum absolute atomic E-state index is 12.7. The molecule has 1 unspecified atom stereocenters. The third-order valence-electron chi connectivity index (χ3n) is 0.983. The van der Waals surface area contributed by atoms with Gasteiger partial charge in [0.25, 0.3) is 0 Å². The normalized spacial score (nSPS) is 19.0. The molecule has 1 atom stereocenters. The van der Waals surface area contributed by atoms with Crippen LogP contribution in [0.3, 0.4) is 0 Å². The van der Waals surface area contributed by atoms with Crippen LogP contribution < -0.4 is 0 Å². The van der Waals surface area contributed by atoms with E-state index >= 15 is 0 Å². The first-order valence-electron chi connectivity index (χ1n) is 2.44. The first-order valence-corrected chi connectivity index (χ1v) is 4.11. The van der Waals surface area contributed by atoms with Gasteiger partial charge in [0, 0.05) is 0 Å². The van der Waals surface area contributed by atoms with E-state index in [0.29, 0.717) is 0 Å². The predicted octanol–water partition coefficient (Wildman–Crippen LogP) is 3.87. The van der Waals surface area contributed by atoms with Crippen molar-refractivity contribution in [3.8, 4) is 0 Å². The summed E-state index contributed by atoms with van der Waals surface area (Å²) >= 11 is 19.2. The van der Waals surface area contributed by atoms with Crippen molar-refractivity contribution < 1.29 is 17.6 Å². The highest BCUT2D eigenvalue weighted by molar-refractivity contribution is 6.55. The Morgan fingerprint density at radius 1 is 0.917 bits per heavy atom. The Morgan fingerprint density at radius 3 is 1.33 bits per heavy atom.